The Morgan fingerprint density at radius 3 is 3.06 bits per heavy atom. The molecule has 1 saturated carbocycles. The Kier molecular flexibility index (Phi) is 2.21. The highest BCUT2D eigenvalue weighted by Gasteiger charge is 2.26. The fourth-order valence-corrected chi connectivity index (χ4v) is 2.21. The molecule has 1 fully saturated rings. The summed E-state index contributed by atoms with van der Waals surface area (Å²) in [7, 11) is 0. The first kappa shape index (κ1) is 9.53. The third-order valence-electron chi connectivity index (χ3n) is 3.25. The van der Waals surface area contributed by atoms with E-state index in [0.717, 1.165) is 23.9 Å². The van der Waals surface area contributed by atoms with Crippen LogP contribution >= 0.6 is 0 Å². The van der Waals surface area contributed by atoms with E-state index in [4.69, 9.17) is 10.00 Å². The molecule has 82 valence electrons. The van der Waals surface area contributed by atoms with Crippen LogP contribution in [0.1, 0.15) is 24.3 Å². The van der Waals surface area contributed by atoms with Crippen LogP contribution in [0.4, 0.5) is 5.69 Å². The Bertz CT molecular complexity index is 446. The summed E-state index contributed by atoms with van der Waals surface area (Å²) >= 11 is 0. The van der Waals surface area contributed by atoms with Crippen LogP contribution in [0.15, 0.2) is 18.2 Å². The fraction of sp³-hybridized carbons (Fsp3) is 0.462. The number of benzene rings is 1. The summed E-state index contributed by atoms with van der Waals surface area (Å²) in [4.78, 5) is 2.10. The minimum atomic E-state index is 0.449. The molecular weight excluding hydrogens is 200 g/mol. The molecule has 2 aliphatic rings. The molecule has 1 aliphatic heterocycles. The van der Waals surface area contributed by atoms with Crippen LogP contribution in [0.5, 0.6) is 5.75 Å². The van der Waals surface area contributed by atoms with Crippen molar-refractivity contribution in [3.63, 3.8) is 0 Å². The van der Waals surface area contributed by atoms with Crippen molar-refractivity contribution in [1.82, 2.24) is 0 Å². The summed E-state index contributed by atoms with van der Waals surface area (Å²) in [5.41, 5.74) is 2.49. The molecule has 0 amide bonds. The molecule has 16 heavy (non-hydrogen) atoms. The lowest BCUT2D eigenvalue weighted by molar-refractivity contribution is 0.309. The predicted octanol–water partition coefficient (Wildman–Crippen LogP) is 2.29. The molecule has 0 atom stereocenters. The highest BCUT2D eigenvalue weighted by Crippen LogP contribution is 2.43. The van der Waals surface area contributed by atoms with E-state index >= 15 is 0 Å². The molecule has 1 aliphatic carbocycles. The van der Waals surface area contributed by atoms with Crippen LogP contribution in [0, 0.1) is 11.3 Å². The van der Waals surface area contributed by atoms with Gasteiger partial charge < -0.3 is 9.64 Å². The average Bonchev–Trinajstić information content (AvgIpc) is 3.13. The fourth-order valence-electron chi connectivity index (χ4n) is 2.21. The Balaban J connectivity index is 1.96. The second kappa shape index (κ2) is 3.71. The van der Waals surface area contributed by atoms with Crippen LogP contribution in [0.2, 0.25) is 0 Å². The molecule has 3 rings (SSSR count). The van der Waals surface area contributed by atoms with E-state index in [1.807, 2.05) is 6.07 Å². The van der Waals surface area contributed by atoms with Crippen molar-refractivity contribution < 1.29 is 4.74 Å². The zero-order valence-electron chi connectivity index (χ0n) is 9.15. The Hall–Kier alpha value is -1.69. The van der Waals surface area contributed by atoms with Gasteiger partial charge >= 0.3 is 0 Å². The quantitative estimate of drug-likeness (QED) is 0.709. The van der Waals surface area contributed by atoms with Crippen LogP contribution in [0.25, 0.3) is 0 Å². The second-order valence-corrected chi connectivity index (χ2v) is 4.43. The molecule has 0 unspecified atom stereocenters. The van der Waals surface area contributed by atoms with Gasteiger partial charge in [-0.3, -0.25) is 0 Å². The van der Waals surface area contributed by atoms with E-state index in [0.29, 0.717) is 13.2 Å². The lowest BCUT2D eigenvalue weighted by Gasteiger charge is -2.29. The molecular formula is C13H14N2O. The summed E-state index contributed by atoms with van der Waals surface area (Å²) < 4.78 is 5.60. The van der Waals surface area contributed by atoms with Crippen molar-refractivity contribution in [2.45, 2.75) is 18.8 Å². The van der Waals surface area contributed by atoms with E-state index in [1.54, 1.807) is 0 Å². The average molecular weight is 214 g/mol. The zero-order valence-corrected chi connectivity index (χ0v) is 9.15. The first-order valence-corrected chi connectivity index (χ1v) is 5.77. The Labute approximate surface area is 95.2 Å². The standard InChI is InChI=1S/C13H14N2O/c14-5-6-15-7-8-16-13-4-3-11(9-12(13)15)10-1-2-10/h3-4,9-10H,1-2,6-8H2. The summed E-state index contributed by atoms with van der Waals surface area (Å²) in [5.74, 6) is 1.67. The van der Waals surface area contributed by atoms with E-state index in [1.165, 1.54) is 18.4 Å². The number of nitriles is 1. The van der Waals surface area contributed by atoms with Crippen molar-refractivity contribution in [3.05, 3.63) is 23.8 Å². The van der Waals surface area contributed by atoms with Crippen LogP contribution in [-0.4, -0.2) is 19.7 Å². The van der Waals surface area contributed by atoms with Gasteiger partial charge in [-0.15, -0.1) is 0 Å². The molecule has 0 saturated heterocycles. The maximum atomic E-state index is 8.80. The molecule has 3 heteroatoms. The van der Waals surface area contributed by atoms with Crippen LogP contribution < -0.4 is 9.64 Å². The van der Waals surface area contributed by atoms with Gasteiger partial charge in [0, 0.05) is 0 Å². The first-order chi connectivity index (χ1) is 7.88. The van der Waals surface area contributed by atoms with Gasteiger partial charge in [0.05, 0.1) is 18.3 Å². The summed E-state index contributed by atoms with van der Waals surface area (Å²) in [5, 5.41) is 8.80. The van der Waals surface area contributed by atoms with E-state index < -0.39 is 0 Å². The topological polar surface area (TPSA) is 36.3 Å². The van der Waals surface area contributed by atoms with Gasteiger partial charge in [0.1, 0.15) is 18.9 Å². The summed E-state index contributed by atoms with van der Waals surface area (Å²) in [6, 6.07) is 8.62. The van der Waals surface area contributed by atoms with E-state index in [2.05, 4.69) is 23.1 Å². The van der Waals surface area contributed by atoms with Gasteiger partial charge in [-0.25, -0.2) is 0 Å². The maximum Gasteiger partial charge on any atom is 0.142 e. The molecule has 0 spiro atoms. The van der Waals surface area contributed by atoms with Gasteiger partial charge in [-0.2, -0.15) is 5.26 Å². The number of hydrogen-bond donors (Lipinski definition) is 0. The smallest absolute Gasteiger partial charge is 0.142 e. The number of fused-ring (bicyclic) bond motifs is 1. The molecule has 0 radical (unpaired) electrons. The van der Waals surface area contributed by atoms with Gasteiger partial charge in [0.2, 0.25) is 0 Å². The van der Waals surface area contributed by atoms with Crippen LogP contribution in [-0.2, 0) is 0 Å². The van der Waals surface area contributed by atoms with Gasteiger partial charge in [-0.1, -0.05) is 6.07 Å². The minimum absolute atomic E-state index is 0.449. The number of rotatable bonds is 2. The third-order valence-corrected chi connectivity index (χ3v) is 3.25. The number of hydrogen-bond acceptors (Lipinski definition) is 3. The molecule has 1 aromatic rings. The number of ether oxygens (including phenoxy) is 1. The Morgan fingerprint density at radius 1 is 1.44 bits per heavy atom. The largest absolute Gasteiger partial charge is 0.490 e. The zero-order chi connectivity index (χ0) is 11.0. The van der Waals surface area contributed by atoms with Crippen molar-refractivity contribution in [2.24, 2.45) is 0 Å². The third kappa shape index (κ3) is 1.61. The SMILES string of the molecule is N#CCN1CCOc2ccc(C3CC3)cc21. The van der Waals surface area contributed by atoms with Gasteiger partial charge in [0.15, 0.2) is 0 Å². The minimum Gasteiger partial charge on any atom is -0.490 e. The van der Waals surface area contributed by atoms with E-state index in [9.17, 15) is 0 Å². The molecule has 1 aromatic carbocycles. The number of nitrogens with zero attached hydrogens (tertiary/aromatic N) is 2. The molecule has 0 bridgehead atoms. The first-order valence-electron chi connectivity index (χ1n) is 5.77. The van der Waals surface area contributed by atoms with Gasteiger partial charge in [0.25, 0.3) is 0 Å². The lowest BCUT2D eigenvalue weighted by atomic mass is 10.1. The molecule has 3 nitrogen and oxygen atoms in total. The van der Waals surface area contributed by atoms with Crippen molar-refractivity contribution >= 4 is 5.69 Å². The normalized spacial score (nSPS) is 18.6. The summed E-state index contributed by atoms with van der Waals surface area (Å²) in [6.45, 7) is 1.94. The summed E-state index contributed by atoms with van der Waals surface area (Å²) in [6.07, 6.45) is 2.61. The predicted molar refractivity (Wildman–Crippen MR) is 61.7 cm³/mol. The number of anilines is 1. The Morgan fingerprint density at radius 2 is 2.31 bits per heavy atom. The van der Waals surface area contributed by atoms with Crippen molar-refractivity contribution in [1.29, 1.82) is 5.26 Å². The highest BCUT2D eigenvalue weighted by atomic mass is 16.5. The van der Waals surface area contributed by atoms with Crippen LogP contribution in [0.3, 0.4) is 0 Å². The second-order valence-electron chi connectivity index (χ2n) is 4.43. The van der Waals surface area contributed by atoms with E-state index in [-0.39, 0.29) is 0 Å². The molecule has 0 N–H and O–H groups in total. The molecule has 1 heterocycles. The lowest BCUT2D eigenvalue weighted by Crippen LogP contribution is -2.32. The highest BCUT2D eigenvalue weighted by molar-refractivity contribution is 5.62. The monoisotopic (exact) mass is 214 g/mol. The van der Waals surface area contributed by atoms with Gasteiger partial charge in [-0.05, 0) is 36.5 Å². The maximum absolute atomic E-state index is 8.80. The van der Waals surface area contributed by atoms with Crippen molar-refractivity contribution in [2.75, 3.05) is 24.6 Å². The van der Waals surface area contributed by atoms with Crippen molar-refractivity contribution in [3.8, 4) is 11.8 Å². The molecule has 0 aromatic heterocycles.